The molecule has 0 atom stereocenters. The Bertz CT molecular complexity index is 738. The number of hydrogen-bond donors (Lipinski definition) is 1. The Hall–Kier alpha value is -2.62. The molecule has 4 nitrogen and oxygen atoms in total. The van der Waals surface area contributed by atoms with Crippen LogP contribution >= 0.6 is 0 Å². The Labute approximate surface area is 136 Å². The van der Waals surface area contributed by atoms with E-state index in [0.717, 1.165) is 11.1 Å². The van der Waals surface area contributed by atoms with Crippen molar-refractivity contribution < 1.29 is 9.59 Å². The first-order chi connectivity index (χ1) is 11.0. The predicted molar refractivity (Wildman–Crippen MR) is 90.0 cm³/mol. The number of benzene rings is 2. The molecule has 1 saturated heterocycles. The number of nitrogens with one attached hydrogen (secondary N) is 1. The van der Waals surface area contributed by atoms with Gasteiger partial charge < -0.3 is 10.2 Å². The standard InChI is InChI=1S/C19H20N2O2/c1-19(2)18(23)20-11-12-21(19)17(22)16-10-6-9-15(13-16)14-7-4-3-5-8-14/h3-10,13H,11-12H2,1-2H3,(H,20,23). The maximum absolute atomic E-state index is 12.9. The van der Waals surface area contributed by atoms with Crippen molar-refractivity contribution in [3.05, 3.63) is 60.2 Å². The number of rotatable bonds is 2. The molecule has 1 heterocycles. The second kappa shape index (κ2) is 5.88. The van der Waals surface area contributed by atoms with Crippen LogP contribution in [-0.2, 0) is 4.79 Å². The number of amides is 2. The first kappa shape index (κ1) is 15.3. The van der Waals surface area contributed by atoms with Crippen molar-refractivity contribution in [1.82, 2.24) is 10.2 Å². The van der Waals surface area contributed by atoms with E-state index in [-0.39, 0.29) is 11.8 Å². The van der Waals surface area contributed by atoms with Crippen LogP contribution < -0.4 is 5.32 Å². The van der Waals surface area contributed by atoms with Crippen molar-refractivity contribution in [1.29, 1.82) is 0 Å². The summed E-state index contributed by atoms with van der Waals surface area (Å²) in [5, 5.41) is 2.81. The maximum Gasteiger partial charge on any atom is 0.254 e. The van der Waals surface area contributed by atoms with E-state index in [1.807, 2.05) is 48.5 Å². The number of carbonyl (C=O) groups is 2. The molecule has 1 N–H and O–H groups in total. The fourth-order valence-electron chi connectivity index (χ4n) is 2.87. The molecule has 4 heteroatoms. The van der Waals surface area contributed by atoms with Gasteiger partial charge >= 0.3 is 0 Å². The van der Waals surface area contributed by atoms with Gasteiger partial charge in [0.15, 0.2) is 0 Å². The third kappa shape index (κ3) is 2.84. The van der Waals surface area contributed by atoms with Crippen LogP contribution in [0, 0.1) is 0 Å². The molecule has 2 amide bonds. The molecule has 23 heavy (non-hydrogen) atoms. The number of piperazine rings is 1. The highest BCUT2D eigenvalue weighted by molar-refractivity contribution is 6.00. The smallest absolute Gasteiger partial charge is 0.254 e. The van der Waals surface area contributed by atoms with Gasteiger partial charge in [-0.3, -0.25) is 9.59 Å². The molecular formula is C19H20N2O2. The van der Waals surface area contributed by atoms with E-state index in [1.54, 1.807) is 24.8 Å². The molecule has 1 fully saturated rings. The molecule has 1 aliphatic rings. The van der Waals surface area contributed by atoms with E-state index < -0.39 is 5.54 Å². The van der Waals surface area contributed by atoms with Crippen LogP contribution in [0.3, 0.4) is 0 Å². The van der Waals surface area contributed by atoms with Crippen molar-refractivity contribution in [3.8, 4) is 11.1 Å². The Morgan fingerprint density at radius 3 is 2.48 bits per heavy atom. The Kier molecular flexibility index (Phi) is 3.90. The fourth-order valence-corrected chi connectivity index (χ4v) is 2.87. The van der Waals surface area contributed by atoms with Crippen LogP contribution in [0.25, 0.3) is 11.1 Å². The number of nitrogens with zero attached hydrogens (tertiary/aromatic N) is 1. The minimum atomic E-state index is -0.835. The monoisotopic (exact) mass is 308 g/mol. The summed E-state index contributed by atoms with van der Waals surface area (Å²) in [6.45, 7) is 4.57. The maximum atomic E-state index is 12.9. The Morgan fingerprint density at radius 1 is 1.04 bits per heavy atom. The topological polar surface area (TPSA) is 49.4 Å². The molecule has 2 aromatic rings. The molecule has 0 radical (unpaired) electrons. The van der Waals surface area contributed by atoms with Crippen molar-refractivity contribution in [2.24, 2.45) is 0 Å². The van der Waals surface area contributed by atoms with E-state index in [1.165, 1.54) is 0 Å². The zero-order valence-electron chi connectivity index (χ0n) is 13.4. The van der Waals surface area contributed by atoms with Gasteiger partial charge in [0.05, 0.1) is 0 Å². The van der Waals surface area contributed by atoms with Gasteiger partial charge in [-0.2, -0.15) is 0 Å². The minimum Gasteiger partial charge on any atom is -0.352 e. The first-order valence-electron chi connectivity index (χ1n) is 7.76. The molecule has 0 aliphatic carbocycles. The summed E-state index contributed by atoms with van der Waals surface area (Å²) < 4.78 is 0. The predicted octanol–water partition coefficient (Wildman–Crippen LogP) is 2.70. The molecule has 2 aromatic carbocycles. The first-order valence-corrected chi connectivity index (χ1v) is 7.76. The van der Waals surface area contributed by atoms with Crippen molar-refractivity contribution in [3.63, 3.8) is 0 Å². The van der Waals surface area contributed by atoms with Crippen molar-refractivity contribution in [2.45, 2.75) is 19.4 Å². The van der Waals surface area contributed by atoms with Gasteiger partial charge in [-0.1, -0.05) is 42.5 Å². The van der Waals surface area contributed by atoms with Crippen LogP contribution in [0.4, 0.5) is 0 Å². The van der Waals surface area contributed by atoms with Crippen LogP contribution in [0.15, 0.2) is 54.6 Å². The molecular weight excluding hydrogens is 288 g/mol. The molecule has 0 unspecified atom stereocenters. The summed E-state index contributed by atoms with van der Waals surface area (Å²) in [6.07, 6.45) is 0. The summed E-state index contributed by atoms with van der Waals surface area (Å²) in [5.41, 5.74) is 1.83. The molecule has 0 bridgehead atoms. The third-order valence-electron chi connectivity index (χ3n) is 4.31. The van der Waals surface area contributed by atoms with Gasteiger partial charge in [-0.15, -0.1) is 0 Å². The SMILES string of the molecule is CC1(C)C(=O)NCCN1C(=O)c1cccc(-c2ccccc2)c1. The van der Waals surface area contributed by atoms with E-state index in [4.69, 9.17) is 0 Å². The highest BCUT2D eigenvalue weighted by atomic mass is 16.2. The summed E-state index contributed by atoms with van der Waals surface area (Å²) in [7, 11) is 0. The second-order valence-corrected chi connectivity index (χ2v) is 6.22. The summed E-state index contributed by atoms with van der Waals surface area (Å²) >= 11 is 0. The lowest BCUT2D eigenvalue weighted by molar-refractivity contribution is -0.133. The van der Waals surface area contributed by atoms with Gasteiger partial charge in [-0.25, -0.2) is 0 Å². The quantitative estimate of drug-likeness (QED) is 0.927. The van der Waals surface area contributed by atoms with Crippen LogP contribution in [0.2, 0.25) is 0 Å². The zero-order chi connectivity index (χ0) is 16.4. The van der Waals surface area contributed by atoms with E-state index in [9.17, 15) is 9.59 Å². The Morgan fingerprint density at radius 2 is 1.74 bits per heavy atom. The highest BCUT2D eigenvalue weighted by Gasteiger charge is 2.40. The lowest BCUT2D eigenvalue weighted by atomic mass is 9.96. The second-order valence-electron chi connectivity index (χ2n) is 6.22. The largest absolute Gasteiger partial charge is 0.352 e. The normalized spacial score (nSPS) is 16.8. The lowest BCUT2D eigenvalue weighted by Gasteiger charge is -2.41. The minimum absolute atomic E-state index is 0.109. The van der Waals surface area contributed by atoms with Crippen molar-refractivity contribution >= 4 is 11.8 Å². The number of hydrogen-bond acceptors (Lipinski definition) is 2. The van der Waals surface area contributed by atoms with Gasteiger partial charge in [0.1, 0.15) is 5.54 Å². The van der Waals surface area contributed by atoms with Crippen LogP contribution in [-0.4, -0.2) is 35.3 Å². The van der Waals surface area contributed by atoms with E-state index >= 15 is 0 Å². The van der Waals surface area contributed by atoms with Gasteiger partial charge in [-0.05, 0) is 37.1 Å². The third-order valence-corrected chi connectivity index (χ3v) is 4.31. The Balaban J connectivity index is 1.93. The van der Waals surface area contributed by atoms with E-state index in [0.29, 0.717) is 18.7 Å². The van der Waals surface area contributed by atoms with Gasteiger partial charge in [0.25, 0.3) is 5.91 Å². The van der Waals surface area contributed by atoms with Crippen molar-refractivity contribution in [2.75, 3.05) is 13.1 Å². The fraction of sp³-hybridized carbons (Fsp3) is 0.263. The molecule has 0 saturated carbocycles. The summed E-state index contributed by atoms with van der Waals surface area (Å²) in [5.74, 6) is -0.223. The van der Waals surface area contributed by atoms with E-state index in [2.05, 4.69) is 5.32 Å². The van der Waals surface area contributed by atoms with Crippen LogP contribution in [0.1, 0.15) is 24.2 Å². The van der Waals surface area contributed by atoms with Gasteiger partial charge in [0.2, 0.25) is 5.91 Å². The number of carbonyl (C=O) groups excluding carboxylic acids is 2. The average Bonchev–Trinajstić information content (AvgIpc) is 2.58. The molecule has 0 aromatic heterocycles. The molecule has 3 rings (SSSR count). The average molecular weight is 308 g/mol. The van der Waals surface area contributed by atoms with Crippen LogP contribution in [0.5, 0.6) is 0 Å². The highest BCUT2D eigenvalue weighted by Crippen LogP contribution is 2.24. The molecule has 0 spiro atoms. The zero-order valence-corrected chi connectivity index (χ0v) is 13.4. The molecule has 1 aliphatic heterocycles. The molecule has 118 valence electrons. The summed E-state index contributed by atoms with van der Waals surface area (Å²) in [4.78, 5) is 26.6. The summed E-state index contributed by atoms with van der Waals surface area (Å²) in [6, 6.07) is 17.5. The lowest BCUT2D eigenvalue weighted by Crippen LogP contribution is -2.63. The van der Waals surface area contributed by atoms with Gasteiger partial charge in [0, 0.05) is 18.7 Å².